The molecule has 1 atom stereocenters. The van der Waals surface area contributed by atoms with Crippen molar-refractivity contribution in [1.29, 1.82) is 0 Å². The average molecular weight is 294 g/mol. The van der Waals surface area contributed by atoms with Crippen molar-refractivity contribution < 1.29 is 9.53 Å². The molecule has 0 aliphatic carbocycles. The molecule has 108 valence electrons. The molecule has 0 aliphatic heterocycles. The van der Waals surface area contributed by atoms with Gasteiger partial charge in [0.05, 0.1) is 6.61 Å². The third-order valence-corrected chi connectivity index (χ3v) is 4.91. The molecule has 18 heavy (non-hydrogen) atoms. The molecule has 0 fully saturated rings. The molecule has 4 nitrogen and oxygen atoms in total. The molecule has 0 heterocycles. The standard InChI is InChI=1S/C12H26N2O2S2/c1-2-3-12(15)16-7-4-11(18-9-6-14)10-17-8-5-13/h11H,2-10,13-14H2,1H3. The van der Waals surface area contributed by atoms with E-state index in [0.717, 1.165) is 30.1 Å². The van der Waals surface area contributed by atoms with Crippen LogP contribution in [0.4, 0.5) is 0 Å². The maximum atomic E-state index is 11.2. The van der Waals surface area contributed by atoms with E-state index in [1.807, 2.05) is 30.4 Å². The van der Waals surface area contributed by atoms with Gasteiger partial charge in [-0.2, -0.15) is 23.5 Å². The van der Waals surface area contributed by atoms with E-state index in [9.17, 15) is 4.79 Å². The number of ether oxygens (including phenoxy) is 1. The Bertz CT molecular complexity index is 207. The fourth-order valence-corrected chi connectivity index (χ4v) is 3.50. The van der Waals surface area contributed by atoms with E-state index in [1.54, 1.807) is 0 Å². The lowest BCUT2D eigenvalue weighted by molar-refractivity contribution is -0.143. The van der Waals surface area contributed by atoms with Gasteiger partial charge in [-0.15, -0.1) is 0 Å². The minimum absolute atomic E-state index is 0.0883. The Hall–Kier alpha value is 0.0900. The third-order valence-electron chi connectivity index (χ3n) is 2.19. The Kier molecular flexibility index (Phi) is 13.6. The summed E-state index contributed by atoms with van der Waals surface area (Å²) in [6.07, 6.45) is 2.26. The van der Waals surface area contributed by atoms with Crippen LogP contribution in [-0.4, -0.2) is 48.2 Å². The van der Waals surface area contributed by atoms with Gasteiger partial charge in [-0.05, 0) is 12.8 Å². The lowest BCUT2D eigenvalue weighted by Crippen LogP contribution is -2.16. The molecule has 0 radical (unpaired) electrons. The first kappa shape index (κ1) is 18.1. The van der Waals surface area contributed by atoms with Crippen LogP contribution in [0.5, 0.6) is 0 Å². The smallest absolute Gasteiger partial charge is 0.305 e. The van der Waals surface area contributed by atoms with Crippen LogP contribution in [0.3, 0.4) is 0 Å². The molecule has 0 aromatic rings. The van der Waals surface area contributed by atoms with Gasteiger partial charge < -0.3 is 16.2 Å². The summed E-state index contributed by atoms with van der Waals surface area (Å²) in [4.78, 5) is 11.2. The molecule has 0 aromatic carbocycles. The molecule has 0 saturated heterocycles. The number of nitrogens with two attached hydrogens (primary N) is 2. The highest BCUT2D eigenvalue weighted by atomic mass is 32.2. The van der Waals surface area contributed by atoms with Crippen molar-refractivity contribution in [2.24, 2.45) is 11.5 Å². The van der Waals surface area contributed by atoms with Crippen molar-refractivity contribution in [1.82, 2.24) is 0 Å². The van der Waals surface area contributed by atoms with Gasteiger partial charge >= 0.3 is 5.97 Å². The Morgan fingerprint density at radius 1 is 1.28 bits per heavy atom. The molecular formula is C12H26N2O2S2. The van der Waals surface area contributed by atoms with E-state index in [2.05, 4.69) is 0 Å². The molecule has 0 bridgehead atoms. The van der Waals surface area contributed by atoms with Gasteiger partial charge in [-0.1, -0.05) is 6.92 Å². The van der Waals surface area contributed by atoms with Crippen molar-refractivity contribution in [2.75, 3.05) is 37.0 Å². The minimum Gasteiger partial charge on any atom is -0.466 e. The number of hydrogen-bond donors (Lipinski definition) is 2. The summed E-state index contributed by atoms with van der Waals surface area (Å²) in [5.74, 6) is 2.90. The SMILES string of the molecule is CCCC(=O)OCCC(CSCCN)SCCN. The average Bonchev–Trinajstić information content (AvgIpc) is 2.36. The normalized spacial score (nSPS) is 12.4. The predicted molar refractivity (Wildman–Crippen MR) is 82.2 cm³/mol. The van der Waals surface area contributed by atoms with Crippen LogP contribution in [0.2, 0.25) is 0 Å². The topological polar surface area (TPSA) is 78.3 Å². The van der Waals surface area contributed by atoms with E-state index in [4.69, 9.17) is 16.2 Å². The summed E-state index contributed by atoms with van der Waals surface area (Å²) in [6, 6.07) is 0. The molecule has 0 aliphatic rings. The van der Waals surface area contributed by atoms with Crippen LogP contribution in [0.25, 0.3) is 0 Å². The van der Waals surface area contributed by atoms with Gasteiger partial charge in [-0.3, -0.25) is 4.79 Å². The van der Waals surface area contributed by atoms with Crippen molar-refractivity contribution in [2.45, 2.75) is 31.4 Å². The van der Waals surface area contributed by atoms with Gasteiger partial charge in [-0.25, -0.2) is 0 Å². The fraction of sp³-hybridized carbons (Fsp3) is 0.917. The van der Waals surface area contributed by atoms with E-state index in [-0.39, 0.29) is 5.97 Å². The molecule has 0 rings (SSSR count). The van der Waals surface area contributed by atoms with Crippen molar-refractivity contribution in [3.8, 4) is 0 Å². The van der Waals surface area contributed by atoms with Crippen LogP contribution < -0.4 is 11.5 Å². The lowest BCUT2D eigenvalue weighted by atomic mass is 10.3. The first-order valence-corrected chi connectivity index (χ1v) is 8.70. The number of hydrogen-bond acceptors (Lipinski definition) is 6. The van der Waals surface area contributed by atoms with E-state index < -0.39 is 0 Å². The summed E-state index contributed by atoms with van der Waals surface area (Å²) in [6.45, 7) is 3.90. The van der Waals surface area contributed by atoms with Crippen molar-refractivity contribution >= 4 is 29.5 Å². The number of rotatable bonds is 12. The second-order valence-corrected chi connectivity index (χ2v) is 6.46. The Morgan fingerprint density at radius 3 is 2.61 bits per heavy atom. The predicted octanol–water partition coefficient (Wildman–Crippen LogP) is 1.47. The summed E-state index contributed by atoms with van der Waals surface area (Å²) in [7, 11) is 0. The number of carbonyl (C=O) groups is 1. The number of thioether (sulfide) groups is 2. The lowest BCUT2D eigenvalue weighted by Gasteiger charge is -2.15. The largest absolute Gasteiger partial charge is 0.466 e. The summed E-state index contributed by atoms with van der Waals surface area (Å²) in [5, 5.41) is 0.500. The monoisotopic (exact) mass is 294 g/mol. The van der Waals surface area contributed by atoms with Gasteiger partial charge in [0.15, 0.2) is 0 Å². The third kappa shape index (κ3) is 11.2. The van der Waals surface area contributed by atoms with Crippen LogP contribution in [0, 0.1) is 0 Å². The zero-order valence-electron chi connectivity index (χ0n) is 11.2. The molecule has 0 amide bonds. The maximum Gasteiger partial charge on any atom is 0.305 e. The van der Waals surface area contributed by atoms with Gasteiger partial charge in [0, 0.05) is 42.0 Å². The van der Waals surface area contributed by atoms with Crippen LogP contribution in [-0.2, 0) is 9.53 Å². The van der Waals surface area contributed by atoms with Gasteiger partial charge in [0.25, 0.3) is 0 Å². The van der Waals surface area contributed by atoms with Gasteiger partial charge in [0.1, 0.15) is 0 Å². The van der Waals surface area contributed by atoms with Crippen molar-refractivity contribution in [3.05, 3.63) is 0 Å². The quantitative estimate of drug-likeness (QED) is 0.419. The highest BCUT2D eigenvalue weighted by Crippen LogP contribution is 2.19. The summed E-state index contributed by atoms with van der Waals surface area (Å²) < 4.78 is 5.18. The number of esters is 1. The Labute approximate surface area is 119 Å². The zero-order valence-corrected chi connectivity index (χ0v) is 12.9. The Balaban J connectivity index is 3.73. The first-order chi connectivity index (χ1) is 8.74. The van der Waals surface area contributed by atoms with E-state index >= 15 is 0 Å². The molecule has 1 unspecified atom stereocenters. The van der Waals surface area contributed by atoms with Crippen molar-refractivity contribution in [3.63, 3.8) is 0 Å². The zero-order chi connectivity index (χ0) is 13.6. The van der Waals surface area contributed by atoms with Crippen LogP contribution in [0.15, 0.2) is 0 Å². The maximum absolute atomic E-state index is 11.2. The molecule has 6 heteroatoms. The second-order valence-electron chi connectivity index (χ2n) is 3.90. The summed E-state index contributed by atoms with van der Waals surface area (Å²) >= 11 is 3.71. The first-order valence-electron chi connectivity index (χ1n) is 6.49. The minimum atomic E-state index is -0.0883. The highest BCUT2D eigenvalue weighted by Gasteiger charge is 2.10. The molecule has 0 saturated carbocycles. The Morgan fingerprint density at radius 2 is 2.00 bits per heavy atom. The summed E-state index contributed by atoms with van der Waals surface area (Å²) in [5.41, 5.74) is 11.0. The van der Waals surface area contributed by atoms with Gasteiger partial charge in [0.2, 0.25) is 0 Å². The molecule has 0 spiro atoms. The fourth-order valence-electron chi connectivity index (χ4n) is 1.33. The van der Waals surface area contributed by atoms with E-state index in [1.165, 1.54) is 0 Å². The molecule has 0 aromatic heterocycles. The van der Waals surface area contributed by atoms with E-state index in [0.29, 0.717) is 31.4 Å². The van der Waals surface area contributed by atoms with Crippen LogP contribution >= 0.6 is 23.5 Å². The highest BCUT2D eigenvalue weighted by molar-refractivity contribution is 8.03. The molecule has 4 N–H and O–H groups in total. The second kappa shape index (κ2) is 13.5. The molecular weight excluding hydrogens is 268 g/mol. The van der Waals surface area contributed by atoms with Crippen LogP contribution in [0.1, 0.15) is 26.2 Å². The number of carbonyl (C=O) groups excluding carboxylic acids is 1.